The van der Waals surface area contributed by atoms with E-state index in [4.69, 9.17) is 29.0 Å². The fourth-order valence-electron chi connectivity index (χ4n) is 1.78. The Hall–Kier alpha value is -0.580. The van der Waals surface area contributed by atoms with Crippen molar-refractivity contribution in [3.8, 4) is 0 Å². The zero-order valence-electron chi connectivity index (χ0n) is 9.21. The van der Waals surface area contributed by atoms with Crippen LogP contribution < -0.4 is 11.3 Å². The Morgan fingerprint density at radius 3 is 2.59 bits per heavy atom. The van der Waals surface area contributed by atoms with Crippen LogP contribution in [0.1, 0.15) is 22.0 Å². The molecule has 0 saturated heterocycles. The van der Waals surface area contributed by atoms with E-state index in [1.54, 1.807) is 11.3 Å². The van der Waals surface area contributed by atoms with Gasteiger partial charge < -0.3 is 0 Å². The summed E-state index contributed by atoms with van der Waals surface area (Å²) in [4.78, 5) is 1.01. The molecule has 0 bridgehead atoms. The predicted octanol–water partition coefficient (Wildman–Crippen LogP) is 3.92. The maximum atomic E-state index is 6.14. The summed E-state index contributed by atoms with van der Waals surface area (Å²) in [6.07, 6.45) is 0. The van der Waals surface area contributed by atoms with Crippen LogP contribution in [0.25, 0.3) is 0 Å². The fraction of sp³-hybridized carbons (Fsp3) is 0.167. The molecule has 1 unspecified atom stereocenters. The zero-order chi connectivity index (χ0) is 12.4. The summed E-state index contributed by atoms with van der Waals surface area (Å²) >= 11 is 13.7. The first kappa shape index (κ1) is 12.9. The van der Waals surface area contributed by atoms with Gasteiger partial charge >= 0.3 is 0 Å². The molecule has 0 aliphatic carbocycles. The third kappa shape index (κ3) is 2.64. The van der Waals surface area contributed by atoms with Crippen LogP contribution in [-0.2, 0) is 0 Å². The maximum absolute atomic E-state index is 6.14. The zero-order valence-corrected chi connectivity index (χ0v) is 11.5. The van der Waals surface area contributed by atoms with Gasteiger partial charge in [0.25, 0.3) is 0 Å². The number of thiophene rings is 1. The molecule has 1 aromatic heterocycles. The molecule has 5 heteroatoms. The SMILES string of the molecule is Cc1cc(Cl)ccc1C(NN)c1sccc1Cl. The van der Waals surface area contributed by atoms with E-state index in [-0.39, 0.29) is 6.04 Å². The van der Waals surface area contributed by atoms with Crippen LogP contribution >= 0.6 is 34.5 Å². The summed E-state index contributed by atoms with van der Waals surface area (Å²) in [5.74, 6) is 5.64. The number of hydrogen-bond acceptors (Lipinski definition) is 3. The summed E-state index contributed by atoms with van der Waals surface area (Å²) in [7, 11) is 0. The lowest BCUT2D eigenvalue weighted by molar-refractivity contribution is 0.643. The first-order valence-electron chi connectivity index (χ1n) is 5.08. The normalized spacial score (nSPS) is 12.7. The first-order chi connectivity index (χ1) is 8.13. The minimum Gasteiger partial charge on any atom is -0.271 e. The van der Waals surface area contributed by atoms with Crippen LogP contribution in [0, 0.1) is 6.92 Å². The summed E-state index contributed by atoms with van der Waals surface area (Å²) in [6.45, 7) is 2.01. The minimum atomic E-state index is -0.0974. The van der Waals surface area contributed by atoms with Gasteiger partial charge in [0.15, 0.2) is 0 Å². The van der Waals surface area contributed by atoms with Crippen molar-refractivity contribution < 1.29 is 0 Å². The highest BCUT2D eigenvalue weighted by molar-refractivity contribution is 7.10. The summed E-state index contributed by atoms with van der Waals surface area (Å²) in [6, 6.07) is 7.52. The highest BCUT2D eigenvalue weighted by Crippen LogP contribution is 2.34. The molecule has 2 rings (SSSR count). The predicted molar refractivity (Wildman–Crippen MR) is 74.7 cm³/mol. The third-order valence-electron chi connectivity index (χ3n) is 2.62. The molecule has 0 radical (unpaired) electrons. The second kappa shape index (κ2) is 5.38. The molecule has 0 saturated carbocycles. The van der Waals surface area contributed by atoms with Crippen molar-refractivity contribution in [2.75, 3.05) is 0 Å². The van der Waals surface area contributed by atoms with E-state index in [2.05, 4.69) is 5.43 Å². The number of halogens is 2. The Balaban J connectivity index is 2.46. The molecule has 3 N–H and O–H groups in total. The van der Waals surface area contributed by atoms with Crippen molar-refractivity contribution in [2.45, 2.75) is 13.0 Å². The van der Waals surface area contributed by atoms with E-state index in [0.717, 1.165) is 26.0 Å². The summed E-state index contributed by atoms with van der Waals surface area (Å²) < 4.78 is 0. The second-order valence-corrected chi connectivity index (χ2v) is 5.52. The van der Waals surface area contributed by atoms with E-state index < -0.39 is 0 Å². The van der Waals surface area contributed by atoms with E-state index >= 15 is 0 Å². The average Bonchev–Trinajstić information content (AvgIpc) is 2.69. The smallest absolute Gasteiger partial charge is 0.0820 e. The molecule has 90 valence electrons. The maximum Gasteiger partial charge on any atom is 0.0820 e. The minimum absolute atomic E-state index is 0.0974. The van der Waals surface area contributed by atoms with Crippen LogP contribution in [0.3, 0.4) is 0 Å². The first-order valence-corrected chi connectivity index (χ1v) is 6.72. The second-order valence-electron chi connectivity index (χ2n) is 3.73. The number of hydrogen-bond donors (Lipinski definition) is 2. The van der Waals surface area contributed by atoms with Gasteiger partial charge in [-0.1, -0.05) is 29.3 Å². The number of benzene rings is 1. The molecule has 0 amide bonds. The van der Waals surface area contributed by atoms with Gasteiger partial charge in [-0.05, 0) is 41.6 Å². The van der Waals surface area contributed by atoms with E-state index in [0.29, 0.717) is 0 Å². The molecule has 2 nitrogen and oxygen atoms in total. The van der Waals surface area contributed by atoms with E-state index in [1.807, 2.05) is 36.6 Å². The Kier molecular flexibility index (Phi) is 4.07. The quantitative estimate of drug-likeness (QED) is 0.663. The van der Waals surface area contributed by atoms with Crippen LogP contribution in [0.4, 0.5) is 0 Å². The number of hydrazine groups is 1. The Morgan fingerprint density at radius 1 is 1.29 bits per heavy atom. The van der Waals surface area contributed by atoms with Gasteiger partial charge in [0.1, 0.15) is 0 Å². The van der Waals surface area contributed by atoms with Crippen LogP contribution in [-0.4, -0.2) is 0 Å². The van der Waals surface area contributed by atoms with Gasteiger partial charge in [0.05, 0.1) is 11.1 Å². The van der Waals surface area contributed by atoms with Crippen molar-refractivity contribution in [2.24, 2.45) is 5.84 Å². The molecule has 1 heterocycles. The van der Waals surface area contributed by atoms with Crippen molar-refractivity contribution in [3.63, 3.8) is 0 Å². The van der Waals surface area contributed by atoms with Crippen molar-refractivity contribution in [1.29, 1.82) is 0 Å². The van der Waals surface area contributed by atoms with E-state index in [1.165, 1.54) is 0 Å². The summed E-state index contributed by atoms with van der Waals surface area (Å²) in [5, 5.41) is 3.40. The lowest BCUT2D eigenvalue weighted by atomic mass is 10.0. The molecule has 0 aliphatic heterocycles. The Bertz CT molecular complexity index is 525. The van der Waals surface area contributed by atoms with Crippen molar-refractivity contribution in [3.05, 3.63) is 55.7 Å². The summed E-state index contributed by atoms with van der Waals surface area (Å²) in [5.41, 5.74) is 4.98. The van der Waals surface area contributed by atoms with E-state index in [9.17, 15) is 0 Å². The molecule has 1 aromatic carbocycles. The molecular weight excluding hydrogens is 275 g/mol. The van der Waals surface area contributed by atoms with Crippen molar-refractivity contribution >= 4 is 34.5 Å². The Morgan fingerprint density at radius 2 is 2.06 bits per heavy atom. The molecule has 17 heavy (non-hydrogen) atoms. The highest BCUT2D eigenvalue weighted by Gasteiger charge is 2.18. The Labute approximate surface area is 114 Å². The fourth-order valence-corrected chi connectivity index (χ4v) is 3.25. The number of aryl methyl sites for hydroxylation is 1. The van der Waals surface area contributed by atoms with Crippen LogP contribution in [0.5, 0.6) is 0 Å². The largest absolute Gasteiger partial charge is 0.271 e. The monoisotopic (exact) mass is 286 g/mol. The van der Waals surface area contributed by atoms with Crippen LogP contribution in [0.15, 0.2) is 29.6 Å². The van der Waals surface area contributed by atoms with Gasteiger partial charge in [-0.2, -0.15) is 0 Å². The molecule has 0 fully saturated rings. The van der Waals surface area contributed by atoms with Crippen LogP contribution in [0.2, 0.25) is 10.0 Å². The van der Waals surface area contributed by atoms with Crippen molar-refractivity contribution in [1.82, 2.24) is 5.43 Å². The average molecular weight is 287 g/mol. The van der Waals surface area contributed by atoms with Gasteiger partial charge in [0, 0.05) is 9.90 Å². The molecular formula is C12H12Cl2N2S. The lowest BCUT2D eigenvalue weighted by Gasteiger charge is -2.18. The number of nitrogens with one attached hydrogen (secondary N) is 1. The topological polar surface area (TPSA) is 38.0 Å². The highest BCUT2D eigenvalue weighted by atomic mass is 35.5. The lowest BCUT2D eigenvalue weighted by Crippen LogP contribution is -2.28. The molecule has 2 aromatic rings. The van der Waals surface area contributed by atoms with Gasteiger partial charge in [-0.25, -0.2) is 5.43 Å². The standard InChI is InChI=1S/C12H12Cl2N2S/c1-7-6-8(13)2-3-9(7)11(16-15)12-10(14)4-5-17-12/h2-6,11,16H,15H2,1H3. The molecule has 1 atom stereocenters. The van der Waals surface area contributed by atoms with Gasteiger partial charge in [-0.15, -0.1) is 11.3 Å². The third-order valence-corrected chi connectivity index (χ3v) is 4.27. The molecule has 0 aliphatic rings. The molecule has 0 spiro atoms. The van der Waals surface area contributed by atoms with Gasteiger partial charge in [0.2, 0.25) is 0 Å². The van der Waals surface area contributed by atoms with Gasteiger partial charge in [-0.3, -0.25) is 5.84 Å². The number of nitrogens with two attached hydrogens (primary N) is 1. The number of rotatable bonds is 3.